The lowest BCUT2D eigenvalue weighted by molar-refractivity contribution is -0.142. The van der Waals surface area contributed by atoms with Crippen LogP contribution in [0.3, 0.4) is 0 Å². The Morgan fingerprint density at radius 1 is 0.663 bits per heavy atom. The first-order valence-corrected chi connectivity index (χ1v) is 27.8. The number of rotatable bonds is 9. The van der Waals surface area contributed by atoms with E-state index in [4.69, 9.17) is 23.4 Å². The van der Waals surface area contributed by atoms with Crippen molar-refractivity contribution in [1.82, 2.24) is 34.0 Å². The summed E-state index contributed by atoms with van der Waals surface area (Å²) in [7, 11) is 8.56. The lowest BCUT2D eigenvalue weighted by atomic mass is 9.98. The molecule has 1 amide bonds. The zero-order valence-electron chi connectivity index (χ0n) is 50.3. The topological polar surface area (TPSA) is 234 Å². The number of nitrogens with one attached hydrogen (secondary N) is 1. The summed E-state index contributed by atoms with van der Waals surface area (Å²) in [6, 6.07) is 35.0. The highest BCUT2D eigenvalue weighted by molar-refractivity contribution is 9.28. The molecular formula is C68H61Br2FN8O10. The molecule has 5 aromatic carbocycles. The average Bonchev–Trinajstić information content (AvgIpc) is 1.63. The van der Waals surface area contributed by atoms with Gasteiger partial charge in [-0.15, -0.1) is 6.42 Å². The molecule has 9 rings (SSSR count). The number of hydrogen-bond donors (Lipinski definition) is 3. The first-order valence-electron chi connectivity index (χ1n) is 26.9. The molecule has 0 fully saturated rings. The van der Waals surface area contributed by atoms with E-state index < -0.39 is 37.3 Å². The number of benzene rings is 5. The molecule has 0 bridgehead atoms. The number of nitrogens with two attached hydrogens (primary N) is 1. The summed E-state index contributed by atoms with van der Waals surface area (Å²) in [5.41, 5.74) is 16.5. The molecule has 0 unspecified atom stereocenters. The molecule has 0 radical (unpaired) electrons. The van der Waals surface area contributed by atoms with Crippen LogP contribution in [0, 0.1) is 59.7 Å². The summed E-state index contributed by atoms with van der Waals surface area (Å²) < 4.78 is 41.0. The van der Waals surface area contributed by atoms with Crippen LogP contribution in [-0.4, -0.2) is 111 Å². The second-order valence-electron chi connectivity index (χ2n) is 18.1. The van der Waals surface area contributed by atoms with Gasteiger partial charge in [0.1, 0.15) is 29.7 Å². The predicted molar refractivity (Wildman–Crippen MR) is 345 cm³/mol. The van der Waals surface area contributed by atoms with Gasteiger partial charge < -0.3 is 48.8 Å². The van der Waals surface area contributed by atoms with Crippen molar-refractivity contribution in [3.63, 3.8) is 0 Å². The van der Waals surface area contributed by atoms with Crippen LogP contribution in [0.2, 0.25) is 0 Å². The number of alkyl halides is 1. The summed E-state index contributed by atoms with van der Waals surface area (Å²) in [6.07, 6.45) is 16.4. The molecule has 0 spiro atoms. The van der Waals surface area contributed by atoms with Gasteiger partial charge in [-0.25, -0.2) is 34.1 Å². The van der Waals surface area contributed by atoms with Crippen molar-refractivity contribution in [2.75, 3.05) is 35.1 Å². The van der Waals surface area contributed by atoms with Crippen molar-refractivity contribution in [3.8, 4) is 70.8 Å². The molecule has 2 atom stereocenters. The van der Waals surface area contributed by atoms with Crippen LogP contribution < -0.4 is 11.1 Å². The monoisotopic (exact) mass is 1330 g/mol. The van der Waals surface area contributed by atoms with Gasteiger partial charge in [-0.2, -0.15) is 0 Å². The van der Waals surface area contributed by atoms with E-state index in [9.17, 15) is 28.4 Å². The largest absolute Gasteiger partial charge is 0.478 e. The predicted octanol–water partition coefficient (Wildman–Crippen LogP) is 10.1. The van der Waals surface area contributed by atoms with Crippen LogP contribution in [0.5, 0.6) is 0 Å². The molecule has 1 aliphatic carbocycles. The number of halogens is 3. The van der Waals surface area contributed by atoms with Crippen LogP contribution in [0.4, 0.5) is 9.18 Å². The maximum absolute atomic E-state index is 12.1. The Bertz CT molecular complexity index is 4010. The molecule has 1 aliphatic rings. The highest BCUT2D eigenvalue weighted by Crippen LogP contribution is 2.44. The van der Waals surface area contributed by atoms with Crippen LogP contribution in [0.1, 0.15) is 90.2 Å². The van der Waals surface area contributed by atoms with Crippen molar-refractivity contribution in [3.05, 3.63) is 224 Å². The molecule has 0 saturated heterocycles. The van der Waals surface area contributed by atoms with Gasteiger partial charge in [-0.3, -0.25) is 9.18 Å². The quantitative estimate of drug-likeness (QED) is 0.0693. The van der Waals surface area contributed by atoms with E-state index in [1.807, 2.05) is 68.2 Å². The lowest BCUT2D eigenvalue weighted by Crippen LogP contribution is -2.50. The highest BCUT2D eigenvalue weighted by atomic mass is 79.9. The van der Waals surface area contributed by atoms with Crippen LogP contribution in [-0.2, 0) is 44.9 Å². The normalized spacial score (nSPS) is 10.7. The summed E-state index contributed by atoms with van der Waals surface area (Å²) in [4.78, 5) is 68.3. The van der Waals surface area contributed by atoms with E-state index in [0.29, 0.717) is 11.1 Å². The van der Waals surface area contributed by atoms with Gasteiger partial charge in [-0.1, -0.05) is 78.4 Å². The number of fused-ring (bicyclic) bond motifs is 3. The molecule has 0 saturated carbocycles. The van der Waals surface area contributed by atoms with Gasteiger partial charge >= 0.3 is 30.0 Å². The fraction of sp³-hybridized carbons (Fsp3) is 0.176. The van der Waals surface area contributed by atoms with Gasteiger partial charge in [0.25, 0.3) is 0 Å². The highest BCUT2D eigenvalue weighted by Gasteiger charge is 2.30. The fourth-order valence-electron chi connectivity index (χ4n) is 7.57. The minimum atomic E-state index is -1.00. The molecule has 8 aromatic rings. The number of carboxylic acid groups (broad SMARTS) is 1. The zero-order chi connectivity index (χ0) is 66.0. The van der Waals surface area contributed by atoms with E-state index in [0.717, 1.165) is 59.4 Å². The molecule has 0 aliphatic heterocycles. The van der Waals surface area contributed by atoms with Gasteiger partial charge in [0.2, 0.25) is 0 Å². The third-order valence-electron chi connectivity index (χ3n) is 12.3. The number of alkyl carbamates (subject to hydrolysis) is 1. The Kier molecular flexibility index (Phi) is 29.2. The van der Waals surface area contributed by atoms with Crippen molar-refractivity contribution in [1.29, 1.82) is 0 Å². The second kappa shape index (κ2) is 37.6. The Hall–Kier alpha value is -10.7. The average molecular weight is 1330 g/mol. The van der Waals surface area contributed by atoms with Gasteiger partial charge in [0.05, 0.1) is 93.6 Å². The van der Waals surface area contributed by atoms with E-state index in [1.165, 1.54) is 33.5 Å². The van der Waals surface area contributed by atoms with Crippen molar-refractivity contribution < 1.29 is 53.8 Å². The number of aromatic carboxylic acids is 1. The van der Waals surface area contributed by atoms with E-state index in [1.54, 1.807) is 102 Å². The smallest absolute Gasteiger partial charge is 0.407 e. The number of imidazole rings is 3. The molecular weight excluding hydrogens is 1270 g/mol. The molecule has 4 N–H and O–H groups in total. The number of nitrogens with zero attached hydrogens (tertiary/aromatic N) is 6. The fourth-order valence-corrected chi connectivity index (χ4v) is 8.10. The van der Waals surface area contributed by atoms with E-state index in [2.05, 4.69) is 144 Å². The zero-order valence-corrected chi connectivity index (χ0v) is 52.5. The standard InChI is InChI=1S/C20H22N2O4.C16H12N2O2.C15H10N2O2.C10H8Br2O2.C6H6N2.CH3F/c1-12(18(21)19(23)25-2)22-20(24)26-11-17-15-9-5-3-7-13(15)14-8-4-6-10-16(14)17;1-18-12-17-11-15(18)6-4-3-5-13-7-9-14(10-8-13)16(19)20-2;1-17-11-16-10-14(17)5-3-2-4-12-6-8-13(9-7-12)15(18)19;1-14-10(13)8-4-2-7(3-5-8)6-9(11)12;1-3-6-4-7-5-8(6)2;1-2/h3-10,12,17-18H,11,21H2,1-2H3,(H,22,24);7-12H,1-2H3;6-11H,1H3,(H,18,19);2-6H,1H3;1,4-5H,2H3;1H3/t12-,18+;;;;;/m1...../s1/i;;;;;1D. The molecule has 18 nitrogen and oxygen atoms in total. The SMILES string of the molecule is C#Cc1cncn1C.COC(=O)[C@@H](N)[C@@H](C)NC(=O)OCC1c2ccccc2-c2ccccc21.COC(=O)c1ccc(C#CC#Cc2cncn2C)cc1.COC(=O)c1ccc(C=C(Br)Br)cc1.Cn1cncc1C#CC#Cc1ccc(C(=O)O)cc1.[2H]CF. The molecule has 454 valence electrons. The van der Waals surface area contributed by atoms with Crippen LogP contribution in [0.15, 0.2) is 162 Å². The number of carboxylic acids is 1. The number of terminal acetylenes is 1. The number of aromatic nitrogens is 6. The van der Waals surface area contributed by atoms with Gasteiger partial charge in [0, 0.05) is 38.2 Å². The lowest BCUT2D eigenvalue weighted by Gasteiger charge is -2.20. The first kappa shape index (κ1) is 69.0. The minimum Gasteiger partial charge on any atom is -0.478 e. The maximum atomic E-state index is 12.1. The van der Waals surface area contributed by atoms with Crippen molar-refractivity contribution >= 4 is 67.9 Å². The van der Waals surface area contributed by atoms with Crippen molar-refractivity contribution in [2.45, 2.75) is 24.9 Å². The van der Waals surface area contributed by atoms with Crippen LogP contribution in [0.25, 0.3) is 17.2 Å². The summed E-state index contributed by atoms with van der Waals surface area (Å²) in [5, 5.41) is 11.3. The summed E-state index contributed by atoms with van der Waals surface area (Å²) >= 11 is 6.52. The molecule has 3 heterocycles. The van der Waals surface area contributed by atoms with Crippen LogP contribution >= 0.6 is 31.9 Å². The summed E-state index contributed by atoms with van der Waals surface area (Å²) in [6.45, 7) is 1.84. The molecule has 3 aromatic heterocycles. The number of carbonyl (C=O) groups excluding carboxylic acids is 4. The number of aryl methyl sites for hydroxylation is 3. The first-order chi connectivity index (χ1) is 43.3. The van der Waals surface area contributed by atoms with E-state index in [-0.39, 0.29) is 30.0 Å². The Balaban J connectivity index is 0.000000246. The maximum Gasteiger partial charge on any atom is 0.407 e. The van der Waals surface area contributed by atoms with Gasteiger partial charge in [-0.05, 0) is 169 Å². The Morgan fingerprint density at radius 3 is 1.44 bits per heavy atom. The Labute approximate surface area is 534 Å². The molecule has 21 heteroatoms. The second-order valence-corrected chi connectivity index (χ2v) is 20.9. The summed E-state index contributed by atoms with van der Waals surface area (Å²) in [5.74, 6) is 22.7. The number of amides is 1. The van der Waals surface area contributed by atoms with Crippen molar-refractivity contribution in [2.24, 2.45) is 26.9 Å². The third-order valence-corrected chi connectivity index (χ3v) is 12.7. The Morgan fingerprint density at radius 2 is 1.07 bits per heavy atom. The van der Waals surface area contributed by atoms with E-state index >= 15 is 0 Å². The number of esters is 3. The number of hydrogen-bond acceptors (Lipinski definition) is 13. The third kappa shape index (κ3) is 22.9. The number of methoxy groups -OCH3 is 3. The molecule has 89 heavy (non-hydrogen) atoms. The number of carbonyl (C=O) groups is 5. The minimum absolute atomic E-state index is 0.0160. The number of ether oxygens (including phenoxy) is 4. The van der Waals surface area contributed by atoms with Gasteiger partial charge in [0.15, 0.2) is 0 Å².